The van der Waals surface area contributed by atoms with Crippen LogP contribution in [0.1, 0.15) is 5.56 Å². The van der Waals surface area contributed by atoms with Gasteiger partial charge in [-0.2, -0.15) is 8.42 Å². The van der Waals surface area contributed by atoms with Crippen molar-refractivity contribution in [1.82, 2.24) is 9.80 Å². The van der Waals surface area contributed by atoms with Crippen LogP contribution >= 0.6 is 0 Å². The number of nitrogens with one attached hydrogen (secondary N) is 1. The first-order valence-electron chi connectivity index (χ1n) is 8.62. The quantitative estimate of drug-likeness (QED) is 0.789. The smallest absolute Gasteiger partial charge is 0.285 e. The highest BCUT2D eigenvalue weighted by molar-refractivity contribution is 7.90. The van der Waals surface area contributed by atoms with Gasteiger partial charge in [-0.15, -0.1) is 4.40 Å². The van der Waals surface area contributed by atoms with Crippen molar-refractivity contribution < 1.29 is 22.4 Å². The normalized spacial score (nSPS) is 14.0. The maximum absolute atomic E-state index is 13.2. The third-order valence-electron chi connectivity index (χ3n) is 4.26. The van der Waals surface area contributed by atoms with Crippen molar-refractivity contribution in [3.63, 3.8) is 0 Å². The van der Waals surface area contributed by atoms with Gasteiger partial charge in [0.25, 0.3) is 10.0 Å². The van der Waals surface area contributed by atoms with Crippen molar-refractivity contribution in [2.45, 2.75) is 4.90 Å². The first-order chi connectivity index (χ1) is 13.7. The Morgan fingerprint density at radius 1 is 1.07 bits per heavy atom. The molecule has 29 heavy (non-hydrogen) atoms. The molecule has 1 heterocycles. The second kappa shape index (κ2) is 8.00. The molecule has 0 aromatic heterocycles. The number of nitrogens with zero attached hydrogens (tertiary/aromatic N) is 3. The lowest BCUT2D eigenvalue weighted by Crippen LogP contribution is -2.42. The Kier molecular flexibility index (Phi) is 5.64. The zero-order chi connectivity index (χ0) is 21.2. The van der Waals surface area contributed by atoms with Gasteiger partial charge in [0.15, 0.2) is 5.84 Å². The van der Waals surface area contributed by atoms with Crippen LogP contribution in [0.4, 0.5) is 10.1 Å². The molecule has 0 saturated heterocycles. The van der Waals surface area contributed by atoms with E-state index in [1.165, 1.54) is 47.2 Å². The fraction of sp³-hybridized carbons (Fsp3) is 0.211. The van der Waals surface area contributed by atoms with Gasteiger partial charge in [0.2, 0.25) is 11.8 Å². The lowest BCUT2D eigenvalue weighted by atomic mass is 10.2. The monoisotopic (exact) mass is 418 g/mol. The molecule has 0 fully saturated rings. The Labute approximate surface area is 167 Å². The van der Waals surface area contributed by atoms with Gasteiger partial charge in [0.05, 0.1) is 13.1 Å². The SMILES string of the molecule is CN(CC(=O)Nc1cccc(F)c1)C(=O)CN(C)C1=NS(=O)(=O)c2ccccc21. The number of sulfonamides is 1. The maximum atomic E-state index is 13.2. The van der Waals surface area contributed by atoms with Crippen molar-refractivity contribution in [2.75, 3.05) is 32.5 Å². The molecule has 0 saturated carbocycles. The van der Waals surface area contributed by atoms with Crippen LogP contribution < -0.4 is 5.32 Å². The molecule has 2 aromatic carbocycles. The molecule has 152 valence electrons. The van der Waals surface area contributed by atoms with Crippen LogP contribution in [0.2, 0.25) is 0 Å². The molecule has 1 aliphatic rings. The summed E-state index contributed by atoms with van der Waals surface area (Å²) in [5.74, 6) is -1.21. The van der Waals surface area contributed by atoms with E-state index in [0.29, 0.717) is 5.56 Å². The molecular weight excluding hydrogens is 399 g/mol. The topological polar surface area (TPSA) is 99.2 Å². The maximum Gasteiger partial charge on any atom is 0.285 e. The zero-order valence-corrected chi connectivity index (χ0v) is 16.6. The number of carbonyl (C=O) groups excluding carboxylic acids is 2. The number of rotatable bonds is 5. The van der Waals surface area contributed by atoms with Crippen LogP contribution in [-0.4, -0.2) is 63.1 Å². The van der Waals surface area contributed by atoms with E-state index in [0.717, 1.165) is 0 Å². The van der Waals surface area contributed by atoms with Gasteiger partial charge in [-0.05, 0) is 30.3 Å². The van der Waals surface area contributed by atoms with Crippen molar-refractivity contribution in [3.8, 4) is 0 Å². The van der Waals surface area contributed by atoms with Crippen LogP contribution in [0, 0.1) is 5.82 Å². The number of amides is 2. The summed E-state index contributed by atoms with van der Waals surface area (Å²) < 4.78 is 41.2. The number of likely N-dealkylation sites (N-methyl/N-ethyl adjacent to an activating group) is 2. The van der Waals surface area contributed by atoms with Crippen molar-refractivity contribution in [3.05, 3.63) is 59.9 Å². The van der Waals surface area contributed by atoms with E-state index in [-0.39, 0.29) is 29.5 Å². The summed E-state index contributed by atoms with van der Waals surface area (Å²) in [6, 6.07) is 11.8. The Hall–Kier alpha value is -3.27. The Morgan fingerprint density at radius 2 is 1.79 bits per heavy atom. The first kappa shape index (κ1) is 20.5. The fourth-order valence-corrected chi connectivity index (χ4v) is 4.08. The number of hydrogen-bond acceptors (Lipinski definition) is 5. The molecule has 3 rings (SSSR count). The second-order valence-corrected chi connectivity index (χ2v) is 8.12. The van der Waals surface area contributed by atoms with Gasteiger partial charge < -0.3 is 15.1 Å². The molecule has 0 spiro atoms. The van der Waals surface area contributed by atoms with E-state index in [9.17, 15) is 22.4 Å². The van der Waals surface area contributed by atoms with E-state index in [4.69, 9.17) is 0 Å². The highest BCUT2D eigenvalue weighted by Gasteiger charge is 2.31. The highest BCUT2D eigenvalue weighted by atomic mass is 32.2. The van der Waals surface area contributed by atoms with Crippen LogP contribution in [0.15, 0.2) is 57.8 Å². The van der Waals surface area contributed by atoms with Crippen LogP contribution in [0.5, 0.6) is 0 Å². The van der Waals surface area contributed by atoms with Crippen LogP contribution in [0.3, 0.4) is 0 Å². The fourth-order valence-electron chi connectivity index (χ4n) is 2.83. The Morgan fingerprint density at radius 3 is 2.52 bits per heavy atom. The number of anilines is 1. The summed E-state index contributed by atoms with van der Waals surface area (Å²) >= 11 is 0. The van der Waals surface area contributed by atoms with Gasteiger partial charge in [-0.3, -0.25) is 9.59 Å². The predicted octanol–water partition coefficient (Wildman–Crippen LogP) is 1.30. The summed E-state index contributed by atoms with van der Waals surface area (Å²) in [5, 5.41) is 2.51. The van der Waals surface area contributed by atoms with E-state index >= 15 is 0 Å². The first-order valence-corrected chi connectivity index (χ1v) is 10.1. The number of fused-ring (bicyclic) bond motifs is 1. The van der Waals surface area contributed by atoms with Crippen molar-refractivity contribution in [2.24, 2.45) is 4.40 Å². The van der Waals surface area contributed by atoms with Gasteiger partial charge in [0, 0.05) is 25.3 Å². The van der Waals surface area contributed by atoms with E-state index < -0.39 is 27.7 Å². The van der Waals surface area contributed by atoms with E-state index in [1.807, 2.05) is 0 Å². The largest absolute Gasteiger partial charge is 0.349 e. The standard InChI is InChI=1S/C19H19FN4O4S/c1-23(11-17(25)21-14-7-5-6-13(20)10-14)18(26)12-24(2)19-15-8-3-4-9-16(15)29(27,28)22-19/h3-10H,11-12H2,1-2H3,(H,21,25). The summed E-state index contributed by atoms with van der Waals surface area (Å²) in [5.41, 5.74) is 0.712. The number of halogens is 1. The molecular formula is C19H19FN4O4S. The molecule has 1 aliphatic heterocycles. The average molecular weight is 418 g/mol. The highest BCUT2D eigenvalue weighted by Crippen LogP contribution is 2.26. The molecule has 2 amide bonds. The molecule has 1 N–H and O–H groups in total. The third kappa shape index (κ3) is 4.60. The van der Waals surface area contributed by atoms with Crippen LogP contribution in [-0.2, 0) is 19.6 Å². The van der Waals surface area contributed by atoms with Gasteiger partial charge >= 0.3 is 0 Å². The van der Waals surface area contributed by atoms with E-state index in [1.54, 1.807) is 25.2 Å². The summed E-state index contributed by atoms with van der Waals surface area (Å²) in [4.78, 5) is 27.3. The zero-order valence-electron chi connectivity index (χ0n) is 15.8. The predicted molar refractivity (Wildman–Crippen MR) is 105 cm³/mol. The molecule has 10 heteroatoms. The summed E-state index contributed by atoms with van der Waals surface area (Å²) in [7, 11) is -0.789. The lowest BCUT2D eigenvalue weighted by molar-refractivity contribution is -0.133. The molecule has 0 radical (unpaired) electrons. The molecule has 0 bridgehead atoms. The van der Waals surface area contributed by atoms with Crippen molar-refractivity contribution >= 4 is 33.4 Å². The molecule has 0 aliphatic carbocycles. The van der Waals surface area contributed by atoms with Gasteiger partial charge in [0.1, 0.15) is 10.7 Å². The number of amidine groups is 1. The minimum absolute atomic E-state index is 0.0946. The minimum Gasteiger partial charge on any atom is -0.349 e. The number of benzene rings is 2. The molecule has 8 nitrogen and oxygen atoms in total. The second-order valence-electron chi connectivity index (χ2n) is 6.55. The Bertz CT molecular complexity index is 1100. The summed E-state index contributed by atoms with van der Waals surface area (Å²) in [6.07, 6.45) is 0. The van der Waals surface area contributed by atoms with Crippen molar-refractivity contribution in [1.29, 1.82) is 0 Å². The molecule has 0 atom stereocenters. The third-order valence-corrected chi connectivity index (χ3v) is 5.59. The molecule has 2 aromatic rings. The van der Waals surface area contributed by atoms with Crippen LogP contribution in [0.25, 0.3) is 0 Å². The summed E-state index contributed by atoms with van der Waals surface area (Å²) in [6.45, 7) is -0.420. The molecule has 0 unspecified atom stereocenters. The number of carbonyl (C=O) groups is 2. The average Bonchev–Trinajstić information content (AvgIpc) is 2.93. The van der Waals surface area contributed by atoms with E-state index in [2.05, 4.69) is 9.71 Å². The number of hydrogen-bond donors (Lipinski definition) is 1. The van der Waals surface area contributed by atoms with Gasteiger partial charge in [-0.25, -0.2) is 4.39 Å². The minimum atomic E-state index is -3.79. The Balaban J connectivity index is 1.62. The lowest BCUT2D eigenvalue weighted by Gasteiger charge is -2.23. The van der Waals surface area contributed by atoms with Gasteiger partial charge in [-0.1, -0.05) is 18.2 Å².